The quantitative estimate of drug-likeness (QED) is 0.234. The Hall–Kier alpha value is -3.50. The van der Waals surface area contributed by atoms with E-state index in [1.54, 1.807) is 0 Å². The van der Waals surface area contributed by atoms with Gasteiger partial charge in [0.05, 0.1) is 5.69 Å². The van der Waals surface area contributed by atoms with E-state index >= 15 is 0 Å². The maximum absolute atomic E-state index is 13.2. The number of benzene rings is 3. The number of hydrogen-bond donors (Lipinski definition) is 0. The summed E-state index contributed by atoms with van der Waals surface area (Å²) < 4.78 is 15.0. The van der Waals surface area contributed by atoms with E-state index in [2.05, 4.69) is 68.1 Å². The topological polar surface area (TPSA) is 25.2 Å². The van der Waals surface area contributed by atoms with Crippen molar-refractivity contribution in [2.24, 2.45) is 0 Å². The van der Waals surface area contributed by atoms with Crippen LogP contribution in [0.4, 0.5) is 4.39 Å². The highest BCUT2D eigenvalue weighted by Gasteiger charge is 2.21. The van der Waals surface area contributed by atoms with Crippen molar-refractivity contribution in [3.63, 3.8) is 0 Å². The van der Waals surface area contributed by atoms with Crippen molar-refractivity contribution in [3.8, 4) is 11.3 Å². The molecule has 2 heterocycles. The lowest BCUT2D eigenvalue weighted by molar-refractivity contribution is 0.0894. The van der Waals surface area contributed by atoms with Gasteiger partial charge in [0.2, 0.25) is 5.91 Å². The minimum Gasteiger partial charge on any atom is -0.303 e. The number of carbonyl (C=O) groups is 1. The Balaban J connectivity index is 1.09. The fourth-order valence-electron chi connectivity index (χ4n) is 6.20. The van der Waals surface area contributed by atoms with Gasteiger partial charge < -0.3 is 4.90 Å². The summed E-state index contributed by atoms with van der Waals surface area (Å²) in [5.41, 5.74) is 9.64. The van der Waals surface area contributed by atoms with Crippen LogP contribution in [0, 0.1) is 26.6 Å². The Bertz CT molecular complexity index is 1390. The van der Waals surface area contributed by atoms with Gasteiger partial charge in [-0.25, -0.2) is 4.39 Å². The first-order chi connectivity index (χ1) is 18.9. The number of piperidine rings is 1. The maximum atomic E-state index is 13.2. The molecule has 3 nitrogen and oxygen atoms in total. The zero-order chi connectivity index (χ0) is 27.4. The second kappa shape index (κ2) is 12.1. The summed E-state index contributed by atoms with van der Waals surface area (Å²) in [5.74, 6) is 0.571. The average Bonchev–Trinajstić information content (AvgIpc) is 3.40. The van der Waals surface area contributed by atoms with E-state index in [0.717, 1.165) is 56.6 Å². The van der Waals surface area contributed by atoms with Crippen LogP contribution in [0.5, 0.6) is 0 Å². The van der Waals surface area contributed by atoms with E-state index in [0.29, 0.717) is 12.3 Å². The van der Waals surface area contributed by atoms with Crippen molar-refractivity contribution in [1.82, 2.24) is 9.47 Å². The number of aryl methyl sites for hydroxylation is 3. The molecular weight excluding hydrogens is 483 g/mol. The summed E-state index contributed by atoms with van der Waals surface area (Å²) in [7, 11) is 0. The molecule has 1 saturated heterocycles. The van der Waals surface area contributed by atoms with Gasteiger partial charge in [0, 0.05) is 18.2 Å². The van der Waals surface area contributed by atoms with Gasteiger partial charge in [0.1, 0.15) is 5.82 Å². The molecule has 1 fully saturated rings. The molecule has 0 bridgehead atoms. The summed E-state index contributed by atoms with van der Waals surface area (Å²) in [4.78, 5) is 15.7. The summed E-state index contributed by atoms with van der Waals surface area (Å²) >= 11 is 0. The molecular formula is C35H39FN2O. The van der Waals surface area contributed by atoms with Crippen molar-refractivity contribution in [2.75, 3.05) is 19.6 Å². The van der Waals surface area contributed by atoms with Gasteiger partial charge in [-0.05, 0) is 124 Å². The van der Waals surface area contributed by atoms with Gasteiger partial charge in [-0.3, -0.25) is 9.36 Å². The zero-order valence-corrected chi connectivity index (χ0v) is 23.4. The van der Waals surface area contributed by atoms with Crippen LogP contribution in [-0.2, 0) is 6.42 Å². The van der Waals surface area contributed by atoms with Crippen LogP contribution in [0.3, 0.4) is 0 Å². The lowest BCUT2D eigenvalue weighted by atomic mass is 9.88. The van der Waals surface area contributed by atoms with E-state index in [-0.39, 0.29) is 11.7 Å². The fraction of sp³-hybridized carbons (Fsp3) is 0.343. The van der Waals surface area contributed by atoms with Crippen molar-refractivity contribution in [2.45, 2.75) is 58.8 Å². The van der Waals surface area contributed by atoms with Gasteiger partial charge in [-0.1, -0.05) is 54.1 Å². The van der Waals surface area contributed by atoms with Gasteiger partial charge in [0.15, 0.2) is 0 Å². The van der Waals surface area contributed by atoms with E-state index in [1.165, 1.54) is 45.5 Å². The zero-order valence-electron chi connectivity index (χ0n) is 23.4. The van der Waals surface area contributed by atoms with Crippen LogP contribution in [0.1, 0.15) is 69.8 Å². The second-order valence-electron chi connectivity index (χ2n) is 11.2. The molecule has 4 heteroatoms. The van der Waals surface area contributed by atoms with Crippen LogP contribution in [-0.4, -0.2) is 35.0 Å². The van der Waals surface area contributed by atoms with E-state index in [4.69, 9.17) is 0 Å². The van der Waals surface area contributed by atoms with Crippen LogP contribution >= 0.6 is 0 Å². The van der Waals surface area contributed by atoms with Crippen molar-refractivity contribution >= 4 is 5.91 Å². The number of nitrogens with zero attached hydrogens (tertiary/aromatic N) is 2. The summed E-state index contributed by atoms with van der Waals surface area (Å²) in [5, 5.41) is 0. The van der Waals surface area contributed by atoms with Crippen LogP contribution in [0.2, 0.25) is 0 Å². The highest BCUT2D eigenvalue weighted by atomic mass is 19.1. The molecule has 5 rings (SSSR count). The van der Waals surface area contributed by atoms with Crippen molar-refractivity contribution < 1.29 is 9.18 Å². The number of likely N-dealkylation sites (tertiary alicyclic amines) is 1. The van der Waals surface area contributed by atoms with Gasteiger partial charge >= 0.3 is 0 Å². The molecule has 0 spiro atoms. The lowest BCUT2D eigenvalue weighted by Crippen LogP contribution is -2.34. The lowest BCUT2D eigenvalue weighted by Gasteiger charge is -2.32. The smallest absolute Gasteiger partial charge is 0.231 e. The Labute approximate surface area is 232 Å². The molecule has 0 amide bonds. The molecule has 0 saturated carbocycles. The molecule has 1 aliphatic rings. The number of halogens is 1. The number of aromatic nitrogens is 1. The monoisotopic (exact) mass is 522 g/mol. The summed E-state index contributed by atoms with van der Waals surface area (Å²) in [6.45, 7) is 9.49. The molecule has 0 atom stereocenters. The third-order valence-electron chi connectivity index (χ3n) is 8.18. The minimum atomic E-state index is -0.190. The molecule has 0 aliphatic carbocycles. The molecule has 0 unspecified atom stereocenters. The van der Waals surface area contributed by atoms with Gasteiger partial charge in [-0.2, -0.15) is 0 Å². The third-order valence-corrected chi connectivity index (χ3v) is 8.18. The maximum Gasteiger partial charge on any atom is 0.231 e. The van der Waals surface area contributed by atoms with Crippen LogP contribution in [0.15, 0.2) is 79.0 Å². The highest BCUT2D eigenvalue weighted by molar-refractivity contribution is 5.85. The molecule has 1 aromatic heterocycles. The Morgan fingerprint density at radius 3 is 2.13 bits per heavy atom. The van der Waals surface area contributed by atoms with E-state index in [9.17, 15) is 9.18 Å². The molecule has 1 aliphatic heterocycles. The van der Waals surface area contributed by atoms with Crippen molar-refractivity contribution in [1.29, 1.82) is 0 Å². The first-order valence-corrected chi connectivity index (χ1v) is 14.2. The fourth-order valence-corrected chi connectivity index (χ4v) is 6.20. The Morgan fingerprint density at radius 1 is 0.872 bits per heavy atom. The normalized spacial score (nSPS) is 14.6. The Morgan fingerprint density at radius 2 is 1.49 bits per heavy atom. The minimum absolute atomic E-state index is 0.171. The van der Waals surface area contributed by atoms with E-state index in [1.807, 2.05) is 29.0 Å². The molecule has 3 aromatic carbocycles. The van der Waals surface area contributed by atoms with E-state index < -0.39 is 0 Å². The van der Waals surface area contributed by atoms with Crippen LogP contribution in [0.25, 0.3) is 11.3 Å². The predicted molar refractivity (Wildman–Crippen MR) is 158 cm³/mol. The second-order valence-corrected chi connectivity index (χ2v) is 11.2. The van der Waals surface area contributed by atoms with Crippen molar-refractivity contribution in [3.05, 3.63) is 118 Å². The number of carbonyl (C=O) groups excluding carboxylic acids is 1. The molecule has 39 heavy (non-hydrogen) atoms. The largest absolute Gasteiger partial charge is 0.303 e. The molecule has 0 N–H and O–H groups in total. The van der Waals surface area contributed by atoms with Gasteiger partial charge in [0.25, 0.3) is 0 Å². The average molecular weight is 523 g/mol. The molecule has 202 valence electrons. The summed E-state index contributed by atoms with van der Waals surface area (Å²) in [6, 6.07) is 24.1. The standard InChI is InChI=1S/C35H39FN2O/c1-25-22-26(2)35(27(3)23-25)33-6-4-19-38(33)34(39)7-5-18-37-20-16-31(17-21-37)30-12-8-28(9-13-30)24-29-10-14-32(36)15-11-29/h4,6,8-15,19,22-23,31H,5,7,16-18,20-21,24H2,1-3H3. The number of hydrogen-bond acceptors (Lipinski definition) is 2. The highest BCUT2D eigenvalue weighted by Crippen LogP contribution is 2.30. The Kier molecular flexibility index (Phi) is 8.42. The van der Waals surface area contributed by atoms with Gasteiger partial charge in [-0.15, -0.1) is 0 Å². The first kappa shape index (κ1) is 27.1. The first-order valence-electron chi connectivity index (χ1n) is 14.2. The predicted octanol–water partition coefficient (Wildman–Crippen LogP) is 8.11. The number of rotatable bonds is 8. The third kappa shape index (κ3) is 6.57. The SMILES string of the molecule is Cc1cc(C)c(-c2cccn2C(=O)CCCN2CCC(c3ccc(Cc4ccc(F)cc4)cc3)CC2)c(C)c1. The molecule has 4 aromatic rings. The van der Waals surface area contributed by atoms with Crippen LogP contribution < -0.4 is 0 Å². The molecule has 0 radical (unpaired) electrons. The summed E-state index contributed by atoms with van der Waals surface area (Å²) in [6.07, 6.45) is 6.48.